The number of likely N-dealkylation sites (tertiary alicyclic amines) is 1. The largest absolute Gasteiger partial charge is 0.497 e. The summed E-state index contributed by atoms with van der Waals surface area (Å²) in [5.41, 5.74) is 2.46. The van der Waals surface area contributed by atoms with Crippen molar-refractivity contribution in [3.8, 4) is 11.5 Å². The quantitative estimate of drug-likeness (QED) is 0.775. The van der Waals surface area contributed by atoms with Crippen LogP contribution >= 0.6 is 0 Å². The fraction of sp³-hybridized carbons (Fsp3) is 0.478. The lowest BCUT2D eigenvalue weighted by atomic mass is 10.0. The maximum atomic E-state index is 6.36. The zero-order chi connectivity index (χ0) is 19.9. The fourth-order valence-electron chi connectivity index (χ4n) is 4.43. The highest BCUT2D eigenvalue weighted by Gasteiger charge is 2.56. The van der Waals surface area contributed by atoms with Crippen molar-refractivity contribution in [1.82, 2.24) is 4.90 Å². The second kappa shape index (κ2) is 7.39. The maximum absolute atomic E-state index is 6.36. The minimum Gasteiger partial charge on any atom is -0.497 e. The fourth-order valence-corrected chi connectivity index (χ4v) is 4.43. The summed E-state index contributed by atoms with van der Waals surface area (Å²) in [6.45, 7) is 7.05. The van der Waals surface area contributed by atoms with E-state index in [4.69, 9.17) is 18.9 Å². The number of benzene rings is 2. The van der Waals surface area contributed by atoms with E-state index < -0.39 is 5.79 Å². The molecule has 0 unspecified atom stereocenters. The van der Waals surface area contributed by atoms with Crippen LogP contribution in [0.15, 0.2) is 48.5 Å². The van der Waals surface area contributed by atoms with E-state index in [0.29, 0.717) is 0 Å². The first-order valence-corrected chi connectivity index (χ1v) is 9.80. The van der Waals surface area contributed by atoms with Gasteiger partial charge in [-0.05, 0) is 56.2 Å². The highest BCUT2D eigenvalue weighted by molar-refractivity contribution is 5.33. The van der Waals surface area contributed by atoms with Crippen molar-refractivity contribution < 1.29 is 18.9 Å². The number of rotatable bonds is 5. The second-order valence-electron chi connectivity index (χ2n) is 8.04. The Morgan fingerprint density at radius 3 is 1.96 bits per heavy atom. The topological polar surface area (TPSA) is 40.2 Å². The number of fused-ring (bicyclic) bond motifs is 1. The molecule has 2 aliphatic heterocycles. The van der Waals surface area contributed by atoms with Crippen LogP contribution in [0.3, 0.4) is 0 Å². The third-order valence-electron chi connectivity index (χ3n) is 5.81. The summed E-state index contributed by atoms with van der Waals surface area (Å²) in [5.74, 6) is 1.17. The molecule has 150 valence electrons. The molecule has 4 rings (SSSR count). The van der Waals surface area contributed by atoms with Crippen LogP contribution in [-0.4, -0.2) is 43.2 Å². The highest BCUT2D eigenvalue weighted by atomic mass is 16.8. The summed E-state index contributed by atoms with van der Waals surface area (Å²) in [5, 5.41) is 0. The van der Waals surface area contributed by atoms with Gasteiger partial charge in [-0.3, -0.25) is 4.90 Å². The van der Waals surface area contributed by atoms with Crippen molar-refractivity contribution >= 4 is 0 Å². The molecule has 2 aliphatic rings. The molecule has 0 spiro atoms. The zero-order valence-electron chi connectivity index (χ0n) is 17.2. The van der Waals surface area contributed by atoms with Crippen LogP contribution in [0.5, 0.6) is 11.5 Å². The van der Waals surface area contributed by atoms with Gasteiger partial charge in [-0.1, -0.05) is 24.3 Å². The number of nitrogens with zero attached hydrogens (tertiary/aromatic N) is 1. The first kappa shape index (κ1) is 19.2. The van der Waals surface area contributed by atoms with Gasteiger partial charge >= 0.3 is 0 Å². The summed E-state index contributed by atoms with van der Waals surface area (Å²) in [6, 6.07) is 16.9. The van der Waals surface area contributed by atoms with Gasteiger partial charge in [0.2, 0.25) is 0 Å². The molecule has 4 atom stereocenters. The molecule has 0 saturated carbocycles. The van der Waals surface area contributed by atoms with Crippen molar-refractivity contribution in [1.29, 1.82) is 0 Å². The first-order chi connectivity index (χ1) is 13.4. The predicted octanol–water partition coefficient (Wildman–Crippen LogP) is 4.17. The zero-order valence-corrected chi connectivity index (χ0v) is 17.2. The van der Waals surface area contributed by atoms with E-state index in [1.807, 2.05) is 38.1 Å². The minimum atomic E-state index is -0.555. The lowest BCUT2D eigenvalue weighted by Crippen LogP contribution is -2.37. The van der Waals surface area contributed by atoms with Gasteiger partial charge in [0.15, 0.2) is 5.79 Å². The minimum absolute atomic E-state index is 0.00311. The van der Waals surface area contributed by atoms with Crippen molar-refractivity contribution in [2.24, 2.45) is 0 Å². The van der Waals surface area contributed by atoms with E-state index in [1.165, 1.54) is 11.1 Å². The summed E-state index contributed by atoms with van der Waals surface area (Å²) < 4.78 is 23.3. The summed E-state index contributed by atoms with van der Waals surface area (Å²) >= 11 is 0. The van der Waals surface area contributed by atoms with E-state index >= 15 is 0 Å². The third kappa shape index (κ3) is 3.50. The molecule has 0 bridgehead atoms. The predicted molar refractivity (Wildman–Crippen MR) is 108 cm³/mol. The van der Waals surface area contributed by atoms with Gasteiger partial charge in [0.1, 0.15) is 23.7 Å². The maximum Gasteiger partial charge on any atom is 0.163 e. The summed E-state index contributed by atoms with van der Waals surface area (Å²) in [6.07, 6.45) is 0.0389. The SMILES string of the molecule is COc1ccc(CN2[C@@H](C)[C@H]3OC(C)(C)O[C@H]3[C@@H]2c2ccc(OC)cc2)cc1. The van der Waals surface area contributed by atoms with Crippen molar-refractivity contribution in [3.05, 3.63) is 59.7 Å². The van der Waals surface area contributed by atoms with E-state index in [1.54, 1.807) is 14.2 Å². The molecule has 2 heterocycles. The average molecular weight is 383 g/mol. The second-order valence-corrected chi connectivity index (χ2v) is 8.04. The Labute approximate surface area is 167 Å². The molecule has 2 aromatic carbocycles. The Balaban J connectivity index is 1.65. The van der Waals surface area contributed by atoms with Crippen LogP contribution in [0.1, 0.15) is 37.9 Å². The van der Waals surface area contributed by atoms with E-state index in [0.717, 1.165) is 18.0 Å². The summed E-state index contributed by atoms with van der Waals surface area (Å²) in [4.78, 5) is 2.48. The number of hydrogen-bond donors (Lipinski definition) is 0. The van der Waals surface area contributed by atoms with Gasteiger partial charge in [0.25, 0.3) is 0 Å². The van der Waals surface area contributed by atoms with Crippen LogP contribution in [0.2, 0.25) is 0 Å². The summed E-state index contributed by atoms with van der Waals surface area (Å²) in [7, 11) is 3.38. The van der Waals surface area contributed by atoms with Crippen molar-refractivity contribution in [2.75, 3.05) is 14.2 Å². The number of ether oxygens (including phenoxy) is 4. The van der Waals surface area contributed by atoms with Crippen LogP contribution in [0.25, 0.3) is 0 Å². The van der Waals surface area contributed by atoms with Gasteiger partial charge in [-0.25, -0.2) is 0 Å². The molecular weight excluding hydrogens is 354 g/mol. The molecular formula is C23H29NO4. The average Bonchev–Trinajstić information content (AvgIpc) is 3.14. The molecule has 2 saturated heterocycles. The molecule has 0 radical (unpaired) electrons. The van der Waals surface area contributed by atoms with Gasteiger partial charge in [0, 0.05) is 12.6 Å². The van der Waals surface area contributed by atoms with Crippen LogP contribution < -0.4 is 9.47 Å². The monoisotopic (exact) mass is 383 g/mol. The third-order valence-corrected chi connectivity index (χ3v) is 5.81. The smallest absolute Gasteiger partial charge is 0.163 e. The van der Waals surface area contributed by atoms with Crippen LogP contribution in [-0.2, 0) is 16.0 Å². The van der Waals surface area contributed by atoms with Crippen molar-refractivity contribution in [3.63, 3.8) is 0 Å². The normalized spacial score (nSPS) is 28.9. The Morgan fingerprint density at radius 1 is 0.857 bits per heavy atom. The van der Waals surface area contributed by atoms with Crippen molar-refractivity contribution in [2.45, 2.75) is 57.4 Å². The van der Waals surface area contributed by atoms with Gasteiger partial charge in [0.05, 0.1) is 20.3 Å². The van der Waals surface area contributed by atoms with E-state index in [2.05, 4.69) is 36.1 Å². The Bertz CT molecular complexity index is 802. The van der Waals surface area contributed by atoms with E-state index in [-0.39, 0.29) is 24.3 Å². The van der Waals surface area contributed by atoms with Gasteiger partial charge < -0.3 is 18.9 Å². The molecule has 0 amide bonds. The lowest BCUT2D eigenvalue weighted by molar-refractivity contribution is -0.168. The standard InChI is InChI=1S/C23H29NO4/c1-15-21-22(28-23(2,3)27-21)20(17-8-12-19(26-5)13-9-17)24(15)14-16-6-10-18(25-4)11-7-16/h6-13,15,20-22H,14H2,1-5H3/t15-,20-,21+,22-/m0/s1. The first-order valence-electron chi connectivity index (χ1n) is 9.80. The lowest BCUT2D eigenvalue weighted by Gasteiger charge is -2.33. The molecule has 5 heteroatoms. The Morgan fingerprint density at radius 2 is 1.39 bits per heavy atom. The molecule has 0 aliphatic carbocycles. The molecule has 0 aromatic heterocycles. The van der Waals surface area contributed by atoms with Crippen LogP contribution in [0, 0.1) is 0 Å². The Hall–Kier alpha value is -2.08. The van der Waals surface area contributed by atoms with Crippen LogP contribution in [0.4, 0.5) is 0 Å². The van der Waals surface area contributed by atoms with Gasteiger partial charge in [-0.2, -0.15) is 0 Å². The van der Waals surface area contributed by atoms with Gasteiger partial charge in [-0.15, -0.1) is 0 Å². The Kier molecular flexibility index (Phi) is 5.08. The molecule has 0 N–H and O–H groups in total. The molecule has 2 fully saturated rings. The number of methoxy groups -OCH3 is 2. The molecule has 5 nitrogen and oxygen atoms in total. The number of hydrogen-bond acceptors (Lipinski definition) is 5. The highest BCUT2D eigenvalue weighted by Crippen LogP contribution is 2.47. The molecule has 28 heavy (non-hydrogen) atoms. The molecule has 2 aromatic rings. The van der Waals surface area contributed by atoms with E-state index in [9.17, 15) is 0 Å².